The highest BCUT2D eigenvalue weighted by molar-refractivity contribution is 14.0. The van der Waals surface area contributed by atoms with E-state index < -0.39 is 10.8 Å². The van der Waals surface area contributed by atoms with E-state index in [1.807, 2.05) is 62.4 Å². The molecule has 29 heavy (non-hydrogen) atoms. The van der Waals surface area contributed by atoms with Crippen molar-refractivity contribution < 1.29 is 13.7 Å². The lowest BCUT2D eigenvalue weighted by Crippen LogP contribution is -2.39. The summed E-state index contributed by atoms with van der Waals surface area (Å²) in [6.07, 6.45) is 0. The fourth-order valence-electron chi connectivity index (χ4n) is 2.71. The van der Waals surface area contributed by atoms with Crippen molar-refractivity contribution in [1.29, 1.82) is 0 Å². The average Bonchev–Trinajstić information content (AvgIpc) is 2.73. The summed E-state index contributed by atoms with van der Waals surface area (Å²) in [6, 6.07) is 15.1. The van der Waals surface area contributed by atoms with Gasteiger partial charge in [-0.05, 0) is 44.2 Å². The van der Waals surface area contributed by atoms with Gasteiger partial charge in [0.25, 0.3) is 0 Å². The molecule has 0 aromatic heterocycles. The number of halogens is 1. The number of guanidine groups is 1. The standard InChI is InChI=1S/C21H29N3O3S.HI/c1-5-22-21(23-13-14-28(25)18-9-7-6-8-10-18)24-16(2)19-15-17(26-3)11-12-20(19)27-4;/h6-12,15-16H,5,13-14H2,1-4H3,(H2,22,23,24);1H. The van der Waals surface area contributed by atoms with E-state index >= 15 is 0 Å². The summed E-state index contributed by atoms with van der Waals surface area (Å²) in [5.74, 6) is 2.69. The summed E-state index contributed by atoms with van der Waals surface area (Å²) in [5.41, 5.74) is 0.973. The zero-order valence-corrected chi connectivity index (χ0v) is 20.5. The monoisotopic (exact) mass is 531 g/mol. The molecule has 6 nitrogen and oxygen atoms in total. The van der Waals surface area contributed by atoms with Gasteiger partial charge in [0, 0.05) is 22.8 Å². The number of nitrogens with zero attached hydrogens (tertiary/aromatic N) is 1. The SMILES string of the molecule is CCNC(=NCCS(=O)c1ccccc1)NC(C)c1cc(OC)ccc1OC.I. The molecule has 2 N–H and O–H groups in total. The second-order valence-corrected chi connectivity index (χ2v) is 7.67. The molecule has 0 amide bonds. The summed E-state index contributed by atoms with van der Waals surface area (Å²) in [6.45, 7) is 5.23. The Bertz CT molecular complexity index is 803. The van der Waals surface area contributed by atoms with E-state index in [1.165, 1.54) is 0 Å². The predicted octanol–water partition coefficient (Wildman–Crippen LogP) is 3.75. The molecule has 0 saturated heterocycles. The van der Waals surface area contributed by atoms with Crippen molar-refractivity contribution in [2.24, 2.45) is 4.99 Å². The van der Waals surface area contributed by atoms with Crippen molar-refractivity contribution in [2.75, 3.05) is 33.1 Å². The van der Waals surface area contributed by atoms with Crippen LogP contribution in [-0.4, -0.2) is 43.2 Å². The van der Waals surface area contributed by atoms with Crippen molar-refractivity contribution in [3.63, 3.8) is 0 Å². The van der Waals surface area contributed by atoms with Crippen molar-refractivity contribution in [2.45, 2.75) is 24.8 Å². The third kappa shape index (κ3) is 7.85. The summed E-state index contributed by atoms with van der Waals surface area (Å²) in [7, 11) is 2.23. The molecule has 0 bridgehead atoms. The van der Waals surface area contributed by atoms with Gasteiger partial charge in [-0.25, -0.2) is 0 Å². The molecule has 0 fully saturated rings. The van der Waals surface area contributed by atoms with Crippen molar-refractivity contribution in [1.82, 2.24) is 10.6 Å². The highest BCUT2D eigenvalue weighted by atomic mass is 127. The quantitative estimate of drug-likeness (QED) is 0.293. The first-order valence-electron chi connectivity index (χ1n) is 9.29. The Labute approximate surface area is 193 Å². The van der Waals surface area contributed by atoms with Gasteiger partial charge in [0.2, 0.25) is 0 Å². The minimum Gasteiger partial charge on any atom is -0.497 e. The van der Waals surface area contributed by atoms with E-state index in [0.717, 1.165) is 28.5 Å². The predicted molar refractivity (Wildman–Crippen MR) is 130 cm³/mol. The normalized spacial score (nSPS) is 13.0. The second kappa shape index (κ2) is 13.4. The Morgan fingerprint density at radius 3 is 2.48 bits per heavy atom. The highest BCUT2D eigenvalue weighted by Gasteiger charge is 2.14. The van der Waals surface area contributed by atoms with Crippen LogP contribution in [0, 0.1) is 0 Å². The Kier molecular flexibility index (Phi) is 11.7. The van der Waals surface area contributed by atoms with Crippen LogP contribution < -0.4 is 20.1 Å². The zero-order valence-electron chi connectivity index (χ0n) is 17.3. The van der Waals surface area contributed by atoms with Crippen LogP contribution in [0.1, 0.15) is 25.5 Å². The van der Waals surface area contributed by atoms with E-state index in [9.17, 15) is 4.21 Å². The van der Waals surface area contributed by atoms with Crippen LogP contribution in [0.25, 0.3) is 0 Å². The van der Waals surface area contributed by atoms with Gasteiger partial charge in [-0.3, -0.25) is 9.20 Å². The number of methoxy groups -OCH3 is 2. The number of hydrogen-bond acceptors (Lipinski definition) is 4. The molecule has 2 unspecified atom stereocenters. The van der Waals surface area contributed by atoms with Crippen molar-refractivity contribution in [3.05, 3.63) is 54.1 Å². The van der Waals surface area contributed by atoms with Crippen LogP contribution in [0.15, 0.2) is 58.4 Å². The van der Waals surface area contributed by atoms with Crippen LogP contribution >= 0.6 is 24.0 Å². The highest BCUT2D eigenvalue weighted by Crippen LogP contribution is 2.29. The molecule has 8 heteroatoms. The van der Waals surface area contributed by atoms with Gasteiger partial charge in [-0.1, -0.05) is 18.2 Å². The Balaban J connectivity index is 0.00000420. The topological polar surface area (TPSA) is 72.0 Å². The van der Waals surface area contributed by atoms with E-state index in [2.05, 4.69) is 15.6 Å². The molecule has 0 aliphatic heterocycles. The second-order valence-electron chi connectivity index (χ2n) is 6.10. The maximum absolute atomic E-state index is 12.4. The number of benzene rings is 2. The summed E-state index contributed by atoms with van der Waals surface area (Å²) >= 11 is 0. The van der Waals surface area contributed by atoms with E-state index in [-0.39, 0.29) is 30.0 Å². The molecule has 0 heterocycles. The molecule has 2 aromatic rings. The van der Waals surface area contributed by atoms with Gasteiger partial charge in [0.05, 0.1) is 37.6 Å². The molecule has 2 rings (SSSR count). The third-order valence-electron chi connectivity index (χ3n) is 4.15. The molecule has 2 aromatic carbocycles. The molecule has 0 aliphatic rings. The minimum absolute atomic E-state index is 0. The molecule has 0 aliphatic carbocycles. The Morgan fingerprint density at radius 2 is 1.86 bits per heavy atom. The van der Waals surface area contributed by atoms with Crippen LogP contribution in [0.4, 0.5) is 0 Å². The molecule has 0 spiro atoms. The van der Waals surface area contributed by atoms with Crippen LogP contribution in [0.3, 0.4) is 0 Å². The lowest BCUT2D eigenvalue weighted by atomic mass is 10.1. The van der Waals surface area contributed by atoms with Gasteiger partial charge >= 0.3 is 0 Å². The number of nitrogens with one attached hydrogen (secondary N) is 2. The van der Waals surface area contributed by atoms with Crippen LogP contribution in [0.5, 0.6) is 11.5 Å². The minimum atomic E-state index is -1.06. The Hall–Kier alpha value is -1.81. The first kappa shape index (κ1) is 25.2. The maximum Gasteiger partial charge on any atom is 0.191 e. The first-order valence-corrected chi connectivity index (χ1v) is 10.6. The smallest absolute Gasteiger partial charge is 0.191 e. The van der Waals surface area contributed by atoms with Crippen LogP contribution in [-0.2, 0) is 10.8 Å². The summed E-state index contributed by atoms with van der Waals surface area (Å²) in [5, 5.41) is 6.61. The fraction of sp³-hybridized carbons (Fsp3) is 0.381. The van der Waals surface area contributed by atoms with Crippen molar-refractivity contribution >= 4 is 40.7 Å². The van der Waals surface area contributed by atoms with Crippen molar-refractivity contribution in [3.8, 4) is 11.5 Å². The largest absolute Gasteiger partial charge is 0.497 e. The molecular formula is C21H30IN3O3S. The van der Waals surface area contributed by atoms with E-state index in [4.69, 9.17) is 9.47 Å². The summed E-state index contributed by atoms with van der Waals surface area (Å²) in [4.78, 5) is 5.40. The van der Waals surface area contributed by atoms with Gasteiger partial charge in [0.15, 0.2) is 5.96 Å². The fourth-order valence-corrected chi connectivity index (χ4v) is 3.66. The Morgan fingerprint density at radius 1 is 1.14 bits per heavy atom. The number of ether oxygens (including phenoxy) is 2. The molecule has 0 saturated carbocycles. The average molecular weight is 531 g/mol. The first-order chi connectivity index (χ1) is 13.6. The van der Waals surface area contributed by atoms with Gasteiger partial charge < -0.3 is 20.1 Å². The van der Waals surface area contributed by atoms with Gasteiger partial charge in [-0.2, -0.15) is 0 Å². The summed E-state index contributed by atoms with van der Waals surface area (Å²) < 4.78 is 23.2. The van der Waals surface area contributed by atoms with Crippen LogP contribution in [0.2, 0.25) is 0 Å². The van der Waals surface area contributed by atoms with Gasteiger partial charge in [-0.15, -0.1) is 24.0 Å². The van der Waals surface area contributed by atoms with Gasteiger partial charge in [0.1, 0.15) is 11.5 Å². The molecule has 2 atom stereocenters. The van der Waals surface area contributed by atoms with E-state index in [0.29, 0.717) is 18.3 Å². The number of rotatable bonds is 9. The zero-order chi connectivity index (χ0) is 20.4. The number of aliphatic imine (C=N–C) groups is 1. The molecule has 160 valence electrons. The molecule has 0 radical (unpaired) electrons. The number of hydrogen-bond donors (Lipinski definition) is 2. The lowest BCUT2D eigenvalue weighted by Gasteiger charge is -2.20. The third-order valence-corrected chi connectivity index (χ3v) is 5.50. The maximum atomic E-state index is 12.4. The van der Waals surface area contributed by atoms with E-state index in [1.54, 1.807) is 14.2 Å². The molecular weight excluding hydrogens is 501 g/mol. The lowest BCUT2D eigenvalue weighted by molar-refractivity contribution is 0.394.